The van der Waals surface area contributed by atoms with Crippen LogP contribution in [0, 0.1) is 6.92 Å². The van der Waals surface area contributed by atoms with E-state index < -0.39 is 5.97 Å². The molecule has 0 spiro atoms. The Morgan fingerprint density at radius 2 is 2.20 bits per heavy atom. The molecule has 4 nitrogen and oxygen atoms in total. The number of carboxylic acid groups (broad SMARTS) is 1. The van der Waals surface area contributed by atoms with Gasteiger partial charge in [0.25, 0.3) is 0 Å². The molecule has 82 valence electrons. The molecule has 0 heterocycles. The molecule has 0 fully saturated rings. The van der Waals surface area contributed by atoms with Gasteiger partial charge in [0.05, 0.1) is 11.6 Å². The van der Waals surface area contributed by atoms with E-state index in [1.165, 1.54) is 0 Å². The molecule has 0 atom stereocenters. The normalized spacial score (nSPS) is 9.80. The Morgan fingerprint density at radius 1 is 1.53 bits per heavy atom. The molecule has 0 saturated carbocycles. The highest BCUT2D eigenvalue weighted by molar-refractivity contribution is 9.10. The lowest BCUT2D eigenvalue weighted by Gasteiger charge is -2.12. The summed E-state index contributed by atoms with van der Waals surface area (Å²) >= 11 is 3.32. The van der Waals surface area contributed by atoms with E-state index in [9.17, 15) is 4.79 Å². The quantitative estimate of drug-likeness (QED) is 0.915. The van der Waals surface area contributed by atoms with Crippen molar-refractivity contribution >= 4 is 21.9 Å². The first-order valence-electron chi connectivity index (χ1n) is 4.24. The molecule has 0 unspecified atom stereocenters. The maximum absolute atomic E-state index is 10.3. The molecule has 0 aliphatic rings. The molecule has 0 bridgehead atoms. The van der Waals surface area contributed by atoms with Crippen molar-refractivity contribution in [3.05, 3.63) is 22.2 Å². The number of aliphatic carboxylic acids is 1. The SMILES string of the molecule is COc1c(Br)ccc(OCC(=O)O)c1C. The highest BCUT2D eigenvalue weighted by Gasteiger charge is 2.10. The topological polar surface area (TPSA) is 55.8 Å². The molecular formula is C10H11BrO4. The van der Waals surface area contributed by atoms with Gasteiger partial charge in [-0.2, -0.15) is 0 Å². The number of methoxy groups -OCH3 is 1. The van der Waals surface area contributed by atoms with Crippen molar-refractivity contribution in [2.24, 2.45) is 0 Å². The van der Waals surface area contributed by atoms with Crippen molar-refractivity contribution in [1.82, 2.24) is 0 Å². The molecule has 1 aromatic carbocycles. The molecule has 0 aliphatic heterocycles. The lowest BCUT2D eigenvalue weighted by atomic mass is 10.2. The van der Waals surface area contributed by atoms with E-state index in [4.69, 9.17) is 14.6 Å². The molecule has 1 rings (SSSR count). The summed E-state index contributed by atoms with van der Waals surface area (Å²) in [5.74, 6) is 0.159. The monoisotopic (exact) mass is 274 g/mol. The fraction of sp³-hybridized carbons (Fsp3) is 0.300. The van der Waals surface area contributed by atoms with Crippen LogP contribution >= 0.6 is 15.9 Å². The number of benzene rings is 1. The second-order valence-electron chi connectivity index (χ2n) is 2.89. The molecule has 0 amide bonds. The van der Waals surface area contributed by atoms with Crippen LogP contribution < -0.4 is 9.47 Å². The number of ether oxygens (including phenoxy) is 2. The number of halogens is 1. The van der Waals surface area contributed by atoms with E-state index in [1.807, 2.05) is 0 Å². The first-order valence-corrected chi connectivity index (χ1v) is 5.03. The third kappa shape index (κ3) is 2.86. The van der Waals surface area contributed by atoms with Crippen molar-refractivity contribution in [1.29, 1.82) is 0 Å². The van der Waals surface area contributed by atoms with Gasteiger partial charge in [0.15, 0.2) is 6.61 Å². The summed E-state index contributed by atoms with van der Waals surface area (Å²) in [6.07, 6.45) is 0. The molecule has 0 saturated heterocycles. The van der Waals surface area contributed by atoms with Gasteiger partial charge in [0.1, 0.15) is 11.5 Å². The van der Waals surface area contributed by atoms with Crippen LogP contribution in [-0.2, 0) is 4.79 Å². The Morgan fingerprint density at radius 3 is 2.73 bits per heavy atom. The van der Waals surface area contributed by atoms with Gasteiger partial charge in [-0.05, 0) is 35.0 Å². The Hall–Kier alpha value is -1.23. The van der Waals surface area contributed by atoms with Crippen LogP contribution in [0.3, 0.4) is 0 Å². The Bertz CT molecular complexity index is 376. The zero-order valence-corrected chi connectivity index (χ0v) is 10.00. The fourth-order valence-electron chi connectivity index (χ4n) is 1.19. The average Bonchev–Trinajstić information content (AvgIpc) is 2.17. The molecule has 0 radical (unpaired) electrons. The summed E-state index contributed by atoms with van der Waals surface area (Å²) in [4.78, 5) is 10.3. The van der Waals surface area contributed by atoms with Crippen LogP contribution in [0.5, 0.6) is 11.5 Å². The van der Waals surface area contributed by atoms with Crippen LogP contribution in [0.2, 0.25) is 0 Å². The predicted octanol–water partition coefficient (Wildman–Crippen LogP) is 2.23. The van der Waals surface area contributed by atoms with Gasteiger partial charge in [-0.15, -0.1) is 0 Å². The van der Waals surface area contributed by atoms with Gasteiger partial charge in [-0.25, -0.2) is 4.79 Å². The number of carbonyl (C=O) groups is 1. The summed E-state index contributed by atoms with van der Waals surface area (Å²) in [6.45, 7) is 1.45. The lowest BCUT2D eigenvalue weighted by molar-refractivity contribution is -0.139. The summed E-state index contributed by atoms with van der Waals surface area (Å²) in [6, 6.07) is 3.45. The molecular weight excluding hydrogens is 264 g/mol. The van der Waals surface area contributed by atoms with Gasteiger partial charge in [0, 0.05) is 5.56 Å². The molecule has 5 heteroatoms. The van der Waals surface area contributed by atoms with Crippen LogP contribution in [0.1, 0.15) is 5.56 Å². The van der Waals surface area contributed by atoms with E-state index in [0.717, 1.165) is 10.0 Å². The van der Waals surface area contributed by atoms with Gasteiger partial charge in [-0.3, -0.25) is 0 Å². The second kappa shape index (κ2) is 5.02. The summed E-state index contributed by atoms with van der Waals surface area (Å²) < 4.78 is 11.1. The van der Waals surface area contributed by atoms with Gasteiger partial charge >= 0.3 is 5.97 Å². The van der Waals surface area contributed by atoms with Crippen molar-refractivity contribution < 1.29 is 19.4 Å². The van der Waals surface area contributed by atoms with Crippen molar-refractivity contribution in [2.45, 2.75) is 6.92 Å². The summed E-state index contributed by atoms with van der Waals surface area (Å²) in [5.41, 5.74) is 0.771. The summed E-state index contributed by atoms with van der Waals surface area (Å²) in [7, 11) is 1.55. The third-order valence-corrected chi connectivity index (χ3v) is 2.49. The average molecular weight is 275 g/mol. The Balaban J connectivity index is 2.94. The summed E-state index contributed by atoms with van der Waals surface area (Å²) in [5, 5.41) is 8.48. The number of carboxylic acids is 1. The minimum atomic E-state index is -1.00. The smallest absolute Gasteiger partial charge is 0.341 e. The standard InChI is InChI=1S/C10H11BrO4/c1-6-8(15-5-9(12)13)4-3-7(11)10(6)14-2/h3-4H,5H2,1-2H3,(H,12,13). The van der Waals surface area contributed by atoms with Crippen molar-refractivity contribution in [3.8, 4) is 11.5 Å². The molecule has 15 heavy (non-hydrogen) atoms. The van der Waals surface area contributed by atoms with E-state index in [1.54, 1.807) is 26.2 Å². The van der Waals surface area contributed by atoms with Crippen molar-refractivity contribution in [2.75, 3.05) is 13.7 Å². The first-order chi connectivity index (χ1) is 7.06. The molecule has 1 N–H and O–H groups in total. The Kier molecular flexibility index (Phi) is 3.96. The number of hydrogen-bond donors (Lipinski definition) is 1. The molecule has 0 aliphatic carbocycles. The highest BCUT2D eigenvalue weighted by atomic mass is 79.9. The van der Waals surface area contributed by atoms with E-state index in [-0.39, 0.29) is 6.61 Å². The third-order valence-electron chi connectivity index (χ3n) is 1.86. The van der Waals surface area contributed by atoms with Crippen LogP contribution in [-0.4, -0.2) is 24.8 Å². The van der Waals surface area contributed by atoms with E-state index >= 15 is 0 Å². The largest absolute Gasteiger partial charge is 0.495 e. The van der Waals surface area contributed by atoms with Crippen LogP contribution in [0.4, 0.5) is 0 Å². The van der Waals surface area contributed by atoms with Crippen LogP contribution in [0.15, 0.2) is 16.6 Å². The maximum Gasteiger partial charge on any atom is 0.341 e. The zero-order valence-electron chi connectivity index (χ0n) is 8.41. The van der Waals surface area contributed by atoms with Gasteiger partial charge in [0.2, 0.25) is 0 Å². The lowest BCUT2D eigenvalue weighted by Crippen LogP contribution is -2.10. The first kappa shape index (κ1) is 11.8. The van der Waals surface area contributed by atoms with Gasteiger partial charge < -0.3 is 14.6 Å². The molecule has 0 aromatic heterocycles. The minimum absolute atomic E-state index is 0.356. The van der Waals surface area contributed by atoms with E-state index in [2.05, 4.69) is 15.9 Å². The highest BCUT2D eigenvalue weighted by Crippen LogP contribution is 2.34. The molecule has 1 aromatic rings. The minimum Gasteiger partial charge on any atom is -0.495 e. The van der Waals surface area contributed by atoms with E-state index in [0.29, 0.717) is 11.5 Å². The zero-order chi connectivity index (χ0) is 11.4. The maximum atomic E-state index is 10.3. The van der Waals surface area contributed by atoms with Crippen LogP contribution in [0.25, 0.3) is 0 Å². The van der Waals surface area contributed by atoms with Crippen molar-refractivity contribution in [3.63, 3.8) is 0 Å². The fourth-order valence-corrected chi connectivity index (χ4v) is 1.78. The number of rotatable bonds is 4. The Labute approximate surface area is 95.9 Å². The second-order valence-corrected chi connectivity index (χ2v) is 3.74. The van der Waals surface area contributed by atoms with Gasteiger partial charge in [-0.1, -0.05) is 0 Å². The number of hydrogen-bond acceptors (Lipinski definition) is 3. The predicted molar refractivity (Wildman–Crippen MR) is 58.6 cm³/mol.